The van der Waals surface area contributed by atoms with Crippen LogP contribution in [0, 0.1) is 5.41 Å². The van der Waals surface area contributed by atoms with E-state index in [1.54, 1.807) is 18.2 Å². The highest BCUT2D eigenvalue weighted by Gasteiger charge is 2.11. The Bertz CT molecular complexity index is 782. The molecule has 0 saturated carbocycles. The fraction of sp³-hybridized carbons (Fsp3) is 0.0625. The maximum Gasteiger partial charge on any atom is 0.238 e. The molecule has 0 heterocycles. The summed E-state index contributed by atoms with van der Waals surface area (Å²) in [6.07, 6.45) is 2.90. The van der Waals surface area contributed by atoms with Crippen molar-refractivity contribution in [1.29, 1.82) is 5.41 Å². The van der Waals surface area contributed by atoms with Crippen LogP contribution in [0.1, 0.15) is 5.56 Å². The van der Waals surface area contributed by atoms with Crippen molar-refractivity contribution >= 4 is 27.6 Å². The van der Waals surface area contributed by atoms with E-state index in [0.29, 0.717) is 0 Å². The standard InChI is InChI=1S/C16H17N3O2S/c1-19(14-7-9-15(10-8-14)22(18,20)21)16(11-12-17)13-5-3-2-4-6-13/h2-12,17H,1H3,(H2,18,20,21)/b16-11-,17-12?. The third-order valence-corrected chi connectivity index (χ3v) is 4.15. The summed E-state index contributed by atoms with van der Waals surface area (Å²) in [5, 5.41) is 12.4. The summed E-state index contributed by atoms with van der Waals surface area (Å²) in [5.74, 6) is 0. The van der Waals surface area contributed by atoms with E-state index in [2.05, 4.69) is 0 Å². The number of benzene rings is 2. The summed E-state index contributed by atoms with van der Waals surface area (Å²) in [6.45, 7) is 0. The first-order valence-corrected chi connectivity index (χ1v) is 8.11. The molecule has 0 bridgehead atoms. The molecule has 22 heavy (non-hydrogen) atoms. The summed E-state index contributed by atoms with van der Waals surface area (Å²) >= 11 is 0. The topological polar surface area (TPSA) is 87.2 Å². The van der Waals surface area contributed by atoms with Crippen LogP contribution in [-0.2, 0) is 10.0 Å². The van der Waals surface area contributed by atoms with Gasteiger partial charge in [0.2, 0.25) is 10.0 Å². The number of primary sulfonamides is 1. The maximum absolute atomic E-state index is 11.3. The van der Waals surface area contributed by atoms with Gasteiger partial charge in [0, 0.05) is 24.6 Å². The van der Waals surface area contributed by atoms with Gasteiger partial charge in [0.1, 0.15) is 0 Å². The molecule has 0 aromatic heterocycles. The molecule has 0 aliphatic rings. The number of anilines is 1. The van der Waals surface area contributed by atoms with E-state index in [0.717, 1.165) is 16.9 Å². The van der Waals surface area contributed by atoms with Crippen LogP contribution >= 0.6 is 0 Å². The predicted octanol–water partition coefficient (Wildman–Crippen LogP) is 2.46. The summed E-state index contributed by atoms with van der Waals surface area (Å²) in [5.41, 5.74) is 2.59. The Morgan fingerprint density at radius 1 is 1.09 bits per heavy atom. The molecule has 0 saturated heterocycles. The molecule has 2 aromatic rings. The summed E-state index contributed by atoms with van der Waals surface area (Å²) in [4.78, 5) is 1.95. The van der Waals surface area contributed by atoms with Gasteiger partial charge < -0.3 is 10.3 Å². The van der Waals surface area contributed by atoms with Crippen molar-refractivity contribution in [3.8, 4) is 0 Å². The lowest BCUT2D eigenvalue weighted by atomic mass is 10.1. The zero-order valence-electron chi connectivity index (χ0n) is 12.1. The van der Waals surface area contributed by atoms with E-state index in [9.17, 15) is 8.42 Å². The second-order valence-corrected chi connectivity index (χ2v) is 6.24. The van der Waals surface area contributed by atoms with Crippen molar-refractivity contribution in [3.05, 3.63) is 66.2 Å². The van der Waals surface area contributed by atoms with E-state index in [1.807, 2.05) is 42.3 Å². The highest BCUT2D eigenvalue weighted by molar-refractivity contribution is 7.89. The number of hydrogen-bond donors (Lipinski definition) is 2. The first-order chi connectivity index (χ1) is 10.4. The molecule has 0 aliphatic carbocycles. The van der Waals surface area contributed by atoms with Crippen molar-refractivity contribution in [3.63, 3.8) is 0 Å². The van der Waals surface area contributed by atoms with Gasteiger partial charge in [-0.15, -0.1) is 0 Å². The van der Waals surface area contributed by atoms with Crippen LogP contribution in [0.5, 0.6) is 0 Å². The average molecular weight is 315 g/mol. The lowest BCUT2D eigenvalue weighted by Gasteiger charge is -2.23. The number of allylic oxidation sites excluding steroid dienone is 1. The smallest absolute Gasteiger partial charge is 0.238 e. The van der Waals surface area contributed by atoms with Gasteiger partial charge in [-0.1, -0.05) is 30.3 Å². The fourth-order valence-electron chi connectivity index (χ4n) is 2.09. The van der Waals surface area contributed by atoms with Gasteiger partial charge in [-0.2, -0.15) is 0 Å². The highest BCUT2D eigenvalue weighted by Crippen LogP contribution is 2.25. The molecular formula is C16H17N3O2S. The number of sulfonamides is 1. The number of nitrogens with two attached hydrogens (primary N) is 1. The molecule has 0 radical (unpaired) electrons. The second-order valence-electron chi connectivity index (χ2n) is 4.68. The van der Waals surface area contributed by atoms with Crippen LogP contribution in [0.25, 0.3) is 5.70 Å². The molecule has 5 nitrogen and oxygen atoms in total. The Morgan fingerprint density at radius 3 is 2.18 bits per heavy atom. The first kappa shape index (κ1) is 15.9. The average Bonchev–Trinajstić information content (AvgIpc) is 2.52. The largest absolute Gasteiger partial charge is 0.344 e. The van der Waals surface area contributed by atoms with E-state index in [1.165, 1.54) is 18.3 Å². The second kappa shape index (κ2) is 6.55. The molecular weight excluding hydrogens is 298 g/mol. The summed E-state index contributed by atoms with van der Waals surface area (Å²) in [7, 11) is -1.84. The predicted molar refractivity (Wildman–Crippen MR) is 89.4 cm³/mol. The van der Waals surface area contributed by atoms with E-state index in [4.69, 9.17) is 10.5 Å². The normalized spacial score (nSPS) is 12.0. The monoisotopic (exact) mass is 315 g/mol. The fourth-order valence-corrected chi connectivity index (χ4v) is 2.60. The number of rotatable bonds is 5. The van der Waals surface area contributed by atoms with E-state index in [-0.39, 0.29) is 4.90 Å². The zero-order valence-corrected chi connectivity index (χ0v) is 12.9. The highest BCUT2D eigenvalue weighted by atomic mass is 32.2. The lowest BCUT2D eigenvalue weighted by Crippen LogP contribution is -2.16. The third kappa shape index (κ3) is 3.60. The molecule has 0 spiro atoms. The van der Waals surface area contributed by atoms with Gasteiger partial charge in [0.15, 0.2) is 0 Å². The molecule has 2 rings (SSSR count). The Kier molecular flexibility index (Phi) is 4.75. The molecule has 0 unspecified atom stereocenters. The van der Waals surface area contributed by atoms with Gasteiger partial charge in [0.05, 0.1) is 4.90 Å². The number of hydrogen-bond acceptors (Lipinski definition) is 4. The maximum atomic E-state index is 11.3. The van der Waals surface area contributed by atoms with Gasteiger partial charge in [0.25, 0.3) is 0 Å². The minimum absolute atomic E-state index is 0.0712. The van der Waals surface area contributed by atoms with Gasteiger partial charge >= 0.3 is 0 Å². The van der Waals surface area contributed by atoms with Crippen molar-refractivity contribution in [2.45, 2.75) is 4.90 Å². The lowest BCUT2D eigenvalue weighted by molar-refractivity contribution is 0.598. The Balaban J connectivity index is 2.38. The van der Waals surface area contributed by atoms with Crippen LogP contribution in [-0.4, -0.2) is 21.7 Å². The molecule has 0 aliphatic heterocycles. The van der Waals surface area contributed by atoms with E-state index >= 15 is 0 Å². The van der Waals surface area contributed by atoms with Crippen LogP contribution in [0.3, 0.4) is 0 Å². The third-order valence-electron chi connectivity index (χ3n) is 3.22. The van der Waals surface area contributed by atoms with Crippen LogP contribution < -0.4 is 10.0 Å². The van der Waals surface area contributed by atoms with Crippen LogP contribution in [0.15, 0.2) is 65.6 Å². The van der Waals surface area contributed by atoms with Crippen LogP contribution in [0.4, 0.5) is 5.69 Å². The minimum Gasteiger partial charge on any atom is -0.344 e. The van der Waals surface area contributed by atoms with Gasteiger partial charge in [-0.25, -0.2) is 13.6 Å². The molecule has 0 atom stereocenters. The molecule has 114 valence electrons. The molecule has 0 fully saturated rings. The Morgan fingerprint density at radius 2 is 1.68 bits per heavy atom. The van der Waals surface area contributed by atoms with Gasteiger partial charge in [-0.3, -0.25) is 0 Å². The van der Waals surface area contributed by atoms with E-state index < -0.39 is 10.0 Å². The van der Waals surface area contributed by atoms with Crippen molar-refractivity contribution < 1.29 is 8.42 Å². The Hall–Kier alpha value is -2.44. The molecule has 3 N–H and O–H groups in total. The Labute approximate surface area is 130 Å². The first-order valence-electron chi connectivity index (χ1n) is 6.56. The molecule has 6 heteroatoms. The van der Waals surface area contributed by atoms with Crippen molar-refractivity contribution in [2.75, 3.05) is 11.9 Å². The molecule has 0 amide bonds. The SMILES string of the molecule is CN(/C(=C\C=N)c1ccccc1)c1ccc(S(N)(=O)=O)cc1. The minimum atomic E-state index is -3.70. The molecule has 2 aromatic carbocycles. The quantitative estimate of drug-likeness (QED) is 0.831. The summed E-state index contributed by atoms with van der Waals surface area (Å²) in [6, 6.07) is 16.0. The summed E-state index contributed by atoms with van der Waals surface area (Å²) < 4.78 is 22.6. The zero-order chi connectivity index (χ0) is 16.2. The van der Waals surface area contributed by atoms with Crippen LogP contribution in [0.2, 0.25) is 0 Å². The van der Waals surface area contributed by atoms with Crippen molar-refractivity contribution in [1.82, 2.24) is 0 Å². The number of nitrogens with one attached hydrogen (secondary N) is 1. The number of nitrogens with zero attached hydrogens (tertiary/aromatic N) is 1. The van der Waals surface area contributed by atoms with Gasteiger partial charge in [-0.05, 0) is 35.9 Å². The van der Waals surface area contributed by atoms with Crippen molar-refractivity contribution in [2.24, 2.45) is 5.14 Å².